The number of methoxy groups -OCH3 is 1. The van der Waals surface area contributed by atoms with Crippen molar-refractivity contribution >= 4 is 11.8 Å². The van der Waals surface area contributed by atoms with Gasteiger partial charge in [-0.25, -0.2) is 0 Å². The van der Waals surface area contributed by atoms with Crippen LogP contribution in [0.2, 0.25) is 0 Å². The van der Waals surface area contributed by atoms with Crippen molar-refractivity contribution < 1.29 is 19.1 Å². The number of esters is 1. The van der Waals surface area contributed by atoms with E-state index in [0.717, 1.165) is 35.4 Å². The van der Waals surface area contributed by atoms with E-state index in [0.29, 0.717) is 24.1 Å². The lowest BCUT2D eigenvalue weighted by molar-refractivity contribution is -0.147. The van der Waals surface area contributed by atoms with E-state index in [9.17, 15) is 9.59 Å². The summed E-state index contributed by atoms with van der Waals surface area (Å²) in [6.45, 7) is 4.41. The van der Waals surface area contributed by atoms with Gasteiger partial charge in [0.2, 0.25) is 0 Å². The van der Waals surface area contributed by atoms with Crippen molar-refractivity contribution in [1.29, 1.82) is 0 Å². The molecule has 1 aliphatic carbocycles. The van der Waals surface area contributed by atoms with E-state index < -0.39 is 11.8 Å². The molecule has 1 heterocycles. The Balaban J connectivity index is 1.61. The number of benzene rings is 2. The molecule has 1 N–H and O–H groups in total. The van der Waals surface area contributed by atoms with Gasteiger partial charge in [-0.05, 0) is 36.1 Å². The fourth-order valence-electron chi connectivity index (χ4n) is 4.45. The molecule has 2 aromatic carbocycles. The van der Waals surface area contributed by atoms with Crippen LogP contribution in [0.3, 0.4) is 0 Å². The summed E-state index contributed by atoms with van der Waals surface area (Å²) in [5.41, 5.74) is 4.15. The number of hydrogen-bond acceptors (Lipinski definition) is 5. The third-order valence-corrected chi connectivity index (χ3v) is 5.99. The molecule has 2 unspecified atom stereocenters. The van der Waals surface area contributed by atoms with E-state index in [1.165, 1.54) is 0 Å². The van der Waals surface area contributed by atoms with Crippen LogP contribution >= 0.6 is 0 Å². The first-order chi connectivity index (χ1) is 15.1. The largest absolute Gasteiger partial charge is 0.497 e. The van der Waals surface area contributed by atoms with E-state index in [4.69, 9.17) is 9.47 Å². The Kier molecular flexibility index (Phi) is 6.21. The van der Waals surface area contributed by atoms with Crippen LogP contribution in [0.1, 0.15) is 36.3 Å². The molecule has 2 aliphatic rings. The molecule has 0 radical (unpaired) electrons. The van der Waals surface area contributed by atoms with Crippen LogP contribution in [0.5, 0.6) is 5.75 Å². The van der Waals surface area contributed by atoms with Crippen molar-refractivity contribution in [2.24, 2.45) is 5.92 Å². The molecule has 31 heavy (non-hydrogen) atoms. The third-order valence-electron chi connectivity index (χ3n) is 5.99. The third kappa shape index (κ3) is 4.41. The zero-order valence-electron chi connectivity index (χ0n) is 17.7. The highest BCUT2D eigenvalue weighted by Crippen LogP contribution is 2.44. The molecular weight excluding hydrogens is 390 g/mol. The summed E-state index contributed by atoms with van der Waals surface area (Å²) < 4.78 is 10.9. The van der Waals surface area contributed by atoms with Crippen molar-refractivity contribution in [2.75, 3.05) is 13.7 Å². The number of rotatable bonds is 6. The second-order valence-electron chi connectivity index (χ2n) is 7.95. The maximum atomic E-state index is 13.2. The highest BCUT2D eigenvalue weighted by atomic mass is 16.5. The molecule has 0 amide bonds. The predicted molar refractivity (Wildman–Crippen MR) is 118 cm³/mol. The van der Waals surface area contributed by atoms with Gasteiger partial charge < -0.3 is 14.8 Å². The fraction of sp³-hybridized carbons (Fsp3) is 0.308. The van der Waals surface area contributed by atoms with E-state index in [1.807, 2.05) is 54.6 Å². The minimum atomic E-state index is -0.662. The van der Waals surface area contributed by atoms with Gasteiger partial charge in [0.25, 0.3) is 0 Å². The van der Waals surface area contributed by atoms with Crippen LogP contribution < -0.4 is 10.1 Å². The predicted octanol–water partition coefficient (Wildman–Crippen LogP) is 4.30. The van der Waals surface area contributed by atoms with Gasteiger partial charge in [-0.15, -0.1) is 0 Å². The van der Waals surface area contributed by atoms with Gasteiger partial charge in [0.1, 0.15) is 11.7 Å². The number of hydrogen-bond donors (Lipinski definition) is 1. The van der Waals surface area contributed by atoms with E-state index in [-0.39, 0.29) is 18.4 Å². The molecular formula is C26H27NO4. The molecule has 2 aromatic rings. The number of Topliss-reactive ketones (excluding diaryl/α,β-unsaturated/α-hetero) is 1. The Morgan fingerprint density at radius 3 is 2.55 bits per heavy atom. The number of allylic oxidation sites excluding steroid dienone is 2. The maximum absolute atomic E-state index is 13.2. The summed E-state index contributed by atoms with van der Waals surface area (Å²) in [6.07, 6.45) is 2.72. The number of carbonyl (C=O) groups is 2. The SMILES string of the molecule is C=C1NC2=C(C(=O)CCC2)C(c2ccc(OC)cc2)C1C(=O)OCCc1ccccc1. The molecule has 5 heteroatoms. The van der Waals surface area contributed by atoms with Gasteiger partial charge in [-0.1, -0.05) is 49.0 Å². The standard InChI is InChI=1S/C26H27NO4/c1-17-23(26(29)31-16-15-18-7-4-3-5-8-18)24(19-11-13-20(30-2)14-12-19)25-21(27-17)9-6-10-22(25)28/h3-5,7-8,11-14,23-24,27H,1,6,9-10,15-16H2,2H3. The summed E-state index contributed by atoms with van der Waals surface area (Å²) in [5, 5.41) is 3.25. The molecule has 160 valence electrons. The number of ether oxygens (including phenoxy) is 2. The molecule has 0 bridgehead atoms. The quantitative estimate of drug-likeness (QED) is 0.710. The lowest BCUT2D eigenvalue weighted by Crippen LogP contribution is -2.41. The summed E-state index contributed by atoms with van der Waals surface area (Å²) in [6, 6.07) is 17.4. The first-order valence-corrected chi connectivity index (χ1v) is 10.6. The van der Waals surface area contributed by atoms with Crippen LogP contribution in [0.15, 0.2) is 78.1 Å². The smallest absolute Gasteiger partial charge is 0.315 e. The molecule has 2 atom stereocenters. The number of nitrogens with one attached hydrogen (secondary N) is 1. The van der Waals surface area contributed by atoms with Gasteiger partial charge in [0.15, 0.2) is 5.78 Å². The molecule has 1 aliphatic heterocycles. The Morgan fingerprint density at radius 2 is 1.84 bits per heavy atom. The maximum Gasteiger partial charge on any atom is 0.315 e. The van der Waals surface area contributed by atoms with Gasteiger partial charge in [-0.3, -0.25) is 9.59 Å². The van der Waals surface area contributed by atoms with Gasteiger partial charge in [0.05, 0.1) is 13.7 Å². The van der Waals surface area contributed by atoms with Crippen molar-refractivity contribution in [3.63, 3.8) is 0 Å². The molecule has 0 saturated heterocycles. The highest BCUT2D eigenvalue weighted by molar-refractivity contribution is 6.00. The van der Waals surface area contributed by atoms with Crippen molar-refractivity contribution in [3.8, 4) is 5.75 Å². The molecule has 0 aromatic heterocycles. The first-order valence-electron chi connectivity index (χ1n) is 10.6. The Hall–Kier alpha value is -3.34. The summed E-state index contributed by atoms with van der Waals surface area (Å²) >= 11 is 0. The lowest BCUT2D eigenvalue weighted by Gasteiger charge is -2.38. The summed E-state index contributed by atoms with van der Waals surface area (Å²) in [5.74, 6) is -0.623. The minimum Gasteiger partial charge on any atom is -0.497 e. The molecule has 0 fully saturated rings. The van der Waals surface area contributed by atoms with Crippen LogP contribution in [0.25, 0.3) is 0 Å². The van der Waals surface area contributed by atoms with Crippen molar-refractivity contribution in [1.82, 2.24) is 5.32 Å². The Labute approximate surface area is 182 Å². The van der Waals surface area contributed by atoms with Gasteiger partial charge >= 0.3 is 5.97 Å². The minimum absolute atomic E-state index is 0.0872. The second-order valence-corrected chi connectivity index (χ2v) is 7.95. The van der Waals surface area contributed by atoms with Crippen LogP contribution in [0.4, 0.5) is 0 Å². The van der Waals surface area contributed by atoms with E-state index in [1.54, 1.807) is 7.11 Å². The monoisotopic (exact) mass is 417 g/mol. The molecule has 5 nitrogen and oxygen atoms in total. The Bertz CT molecular complexity index is 1010. The van der Waals surface area contributed by atoms with Crippen molar-refractivity contribution in [2.45, 2.75) is 31.6 Å². The van der Waals surface area contributed by atoms with Crippen LogP contribution in [-0.4, -0.2) is 25.5 Å². The van der Waals surface area contributed by atoms with Gasteiger partial charge in [0, 0.05) is 35.7 Å². The Morgan fingerprint density at radius 1 is 1.10 bits per heavy atom. The highest BCUT2D eigenvalue weighted by Gasteiger charge is 2.43. The van der Waals surface area contributed by atoms with Crippen LogP contribution in [-0.2, 0) is 20.7 Å². The molecule has 0 saturated carbocycles. The first kappa shape index (κ1) is 20.9. The zero-order valence-corrected chi connectivity index (χ0v) is 17.7. The second kappa shape index (κ2) is 9.21. The van der Waals surface area contributed by atoms with Crippen molar-refractivity contribution in [3.05, 3.63) is 89.3 Å². The van der Waals surface area contributed by atoms with E-state index in [2.05, 4.69) is 11.9 Å². The molecule has 0 spiro atoms. The fourth-order valence-corrected chi connectivity index (χ4v) is 4.45. The average molecular weight is 418 g/mol. The normalized spacial score (nSPS) is 20.7. The lowest BCUT2D eigenvalue weighted by atomic mass is 9.71. The number of carbonyl (C=O) groups excluding carboxylic acids is 2. The van der Waals surface area contributed by atoms with Gasteiger partial charge in [-0.2, -0.15) is 0 Å². The average Bonchev–Trinajstić information content (AvgIpc) is 2.79. The topological polar surface area (TPSA) is 64.6 Å². The number of ketones is 1. The summed E-state index contributed by atoms with van der Waals surface area (Å²) in [7, 11) is 1.61. The van der Waals surface area contributed by atoms with Crippen LogP contribution in [0, 0.1) is 5.92 Å². The van der Waals surface area contributed by atoms with E-state index >= 15 is 0 Å². The zero-order chi connectivity index (χ0) is 21.8. The molecule has 4 rings (SSSR count). The summed E-state index contributed by atoms with van der Waals surface area (Å²) in [4.78, 5) is 26.1.